The predicted molar refractivity (Wildman–Crippen MR) is 87.1 cm³/mol. The summed E-state index contributed by atoms with van der Waals surface area (Å²) in [5, 5.41) is 14.0. The number of hydrogen-bond acceptors (Lipinski definition) is 3. The van der Waals surface area contributed by atoms with Gasteiger partial charge in [-0.15, -0.1) is 0 Å². The Hall–Kier alpha value is -2.01. The number of amides is 1. The number of hydrogen-bond donors (Lipinski definition) is 3. The summed E-state index contributed by atoms with van der Waals surface area (Å²) in [6, 6.07) is 5.74. The van der Waals surface area contributed by atoms with Crippen molar-refractivity contribution in [1.29, 1.82) is 0 Å². The van der Waals surface area contributed by atoms with Gasteiger partial charge in [0.05, 0.1) is 19.1 Å². The molecule has 1 aromatic carbocycles. The topological polar surface area (TPSA) is 74.4 Å². The maximum absolute atomic E-state index is 12.2. The molecule has 0 atom stereocenters. The Kier molecular flexibility index (Phi) is 5.08. The molecule has 22 heavy (non-hydrogen) atoms. The molecule has 1 heterocycles. The third-order valence-electron chi connectivity index (χ3n) is 4.25. The highest BCUT2D eigenvalue weighted by Gasteiger charge is 2.23. The van der Waals surface area contributed by atoms with E-state index in [9.17, 15) is 9.90 Å². The van der Waals surface area contributed by atoms with Crippen LogP contribution in [0.15, 0.2) is 24.4 Å². The molecule has 5 nitrogen and oxygen atoms in total. The van der Waals surface area contributed by atoms with E-state index in [2.05, 4.69) is 10.3 Å². The van der Waals surface area contributed by atoms with Gasteiger partial charge in [-0.3, -0.25) is 4.79 Å². The Morgan fingerprint density at radius 3 is 2.73 bits per heavy atom. The first kappa shape index (κ1) is 16.4. The average molecular weight is 304 g/mol. The quantitative estimate of drug-likeness (QED) is 0.735. The SMILES string of the molecule is CCC(O)(CC)CNC(=O)Cc1c[nH]c2cccc(OC)c12. The molecule has 0 aliphatic heterocycles. The molecule has 0 aliphatic carbocycles. The third kappa shape index (κ3) is 3.42. The van der Waals surface area contributed by atoms with E-state index in [1.54, 1.807) is 7.11 Å². The first-order valence-corrected chi connectivity index (χ1v) is 7.65. The van der Waals surface area contributed by atoms with Gasteiger partial charge in [-0.2, -0.15) is 0 Å². The summed E-state index contributed by atoms with van der Waals surface area (Å²) in [6.45, 7) is 4.11. The van der Waals surface area contributed by atoms with Crippen molar-refractivity contribution in [2.45, 2.75) is 38.7 Å². The molecule has 5 heteroatoms. The van der Waals surface area contributed by atoms with Crippen LogP contribution in [-0.4, -0.2) is 35.3 Å². The van der Waals surface area contributed by atoms with Crippen LogP contribution in [0.25, 0.3) is 10.9 Å². The van der Waals surface area contributed by atoms with Gasteiger partial charge >= 0.3 is 0 Å². The van der Waals surface area contributed by atoms with Crippen LogP contribution in [0.1, 0.15) is 32.3 Å². The Balaban J connectivity index is 2.09. The highest BCUT2D eigenvalue weighted by atomic mass is 16.5. The Bertz CT molecular complexity index is 644. The van der Waals surface area contributed by atoms with Crippen molar-refractivity contribution in [2.24, 2.45) is 0 Å². The molecule has 2 aromatic rings. The number of carbonyl (C=O) groups is 1. The van der Waals surface area contributed by atoms with Gasteiger partial charge in [-0.05, 0) is 30.5 Å². The minimum absolute atomic E-state index is 0.105. The van der Waals surface area contributed by atoms with E-state index in [4.69, 9.17) is 4.74 Å². The molecule has 0 saturated heterocycles. The minimum atomic E-state index is -0.826. The van der Waals surface area contributed by atoms with Gasteiger partial charge in [-0.1, -0.05) is 19.9 Å². The second kappa shape index (κ2) is 6.83. The summed E-state index contributed by atoms with van der Waals surface area (Å²) in [5.74, 6) is 0.646. The molecule has 0 spiro atoms. The fraction of sp³-hybridized carbons (Fsp3) is 0.471. The number of nitrogens with one attached hydrogen (secondary N) is 2. The standard InChI is InChI=1S/C17H24N2O3/c1-4-17(21,5-2)11-19-15(20)9-12-10-18-13-7-6-8-14(22-3)16(12)13/h6-8,10,18,21H,4-5,9,11H2,1-3H3,(H,19,20). The summed E-state index contributed by atoms with van der Waals surface area (Å²) in [7, 11) is 1.62. The van der Waals surface area contributed by atoms with Gasteiger partial charge in [0.1, 0.15) is 5.75 Å². The van der Waals surface area contributed by atoms with Gasteiger partial charge in [0.2, 0.25) is 5.91 Å². The number of aliphatic hydroxyl groups is 1. The summed E-state index contributed by atoms with van der Waals surface area (Å²) < 4.78 is 5.37. The van der Waals surface area contributed by atoms with E-state index in [0.717, 1.165) is 22.2 Å². The lowest BCUT2D eigenvalue weighted by Gasteiger charge is -2.25. The number of aromatic amines is 1. The average Bonchev–Trinajstić information content (AvgIpc) is 2.95. The molecular formula is C17H24N2O3. The second-order valence-electron chi connectivity index (χ2n) is 5.58. The van der Waals surface area contributed by atoms with Crippen molar-refractivity contribution < 1.29 is 14.6 Å². The lowest BCUT2D eigenvalue weighted by Crippen LogP contribution is -2.42. The van der Waals surface area contributed by atoms with Crippen molar-refractivity contribution in [3.8, 4) is 5.75 Å². The lowest BCUT2D eigenvalue weighted by atomic mass is 9.97. The number of fused-ring (bicyclic) bond motifs is 1. The van der Waals surface area contributed by atoms with Crippen LogP contribution in [0, 0.1) is 0 Å². The largest absolute Gasteiger partial charge is 0.496 e. The fourth-order valence-electron chi connectivity index (χ4n) is 2.53. The maximum atomic E-state index is 12.2. The van der Waals surface area contributed by atoms with Crippen molar-refractivity contribution in [1.82, 2.24) is 10.3 Å². The van der Waals surface area contributed by atoms with Gasteiger partial charge in [0, 0.05) is 23.6 Å². The molecule has 120 valence electrons. The molecule has 0 bridgehead atoms. The highest BCUT2D eigenvalue weighted by molar-refractivity contribution is 5.93. The zero-order valence-electron chi connectivity index (χ0n) is 13.4. The zero-order chi connectivity index (χ0) is 16.2. The summed E-state index contributed by atoms with van der Waals surface area (Å²) in [4.78, 5) is 15.3. The molecule has 1 aromatic heterocycles. The first-order valence-electron chi connectivity index (χ1n) is 7.65. The molecule has 0 unspecified atom stereocenters. The molecule has 0 fully saturated rings. The van der Waals surface area contributed by atoms with E-state index in [0.29, 0.717) is 12.8 Å². The van der Waals surface area contributed by atoms with Gasteiger partial charge in [0.25, 0.3) is 0 Å². The fourth-order valence-corrected chi connectivity index (χ4v) is 2.53. The van der Waals surface area contributed by atoms with Crippen LogP contribution in [0.5, 0.6) is 5.75 Å². The number of methoxy groups -OCH3 is 1. The number of rotatable bonds is 7. The number of H-pyrrole nitrogens is 1. The van der Waals surface area contributed by atoms with E-state index in [1.165, 1.54) is 0 Å². The number of benzene rings is 1. The molecule has 0 radical (unpaired) electrons. The summed E-state index contributed by atoms with van der Waals surface area (Å²) in [5.41, 5.74) is 1.01. The minimum Gasteiger partial charge on any atom is -0.496 e. The van der Waals surface area contributed by atoms with Crippen molar-refractivity contribution in [3.63, 3.8) is 0 Å². The molecule has 1 amide bonds. The Labute approximate surface area is 130 Å². The van der Waals surface area contributed by atoms with Gasteiger partial charge in [-0.25, -0.2) is 0 Å². The van der Waals surface area contributed by atoms with E-state index >= 15 is 0 Å². The molecule has 3 N–H and O–H groups in total. The van der Waals surface area contributed by atoms with Gasteiger partial charge in [0.15, 0.2) is 0 Å². The number of ether oxygens (including phenoxy) is 1. The normalized spacial score (nSPS) is 11.6. The predicted octanol–water partition coefficient (Wildman–Crippen LogP) is 2.39. The number of aromatic nitrogens is 1. The van der Waals surface area contributed by atoms with E-state index < -0.39 is 5.60 Å². The molecule has 2 rings (SSSR count). The number of carbonyl (C=O) groups excluding carboxylic acids is 1. The summed E-state index contributed by atoms with van der Waals surface area (Å²) >= 11 is 0. The Morgan fingerprint density at radius 2 is 2.09 bits per heavy atom. The maximum Gasteiger partial charge on any atom is 0.224 e. The first-order chi connectivity index (χ1) is 10.5. The van der Waals surface area contributed by atoms with Crippen LogP contribution in [0.2, 0.25) is 0 Å². The van der Waals surface area contributed by atoms with E-state index in [1.807, 2.05) is 38.2 Å². The van der Waals surface area contributed by atoms with Crippen molar-refractivity contribution in [3.05, 3.63) is 30.0 Å². The highest BCUT2D eigenvalue weighted by Crippen LogP contribution is 2.28. The monoisotopic (exact) mass is 304 g/mol. The van der Waals surface area contributed by atoms with Crippen molar-refractivity contribution in [2.75, 3.05) is 13.7 Å². The van der Waals surface area contributed by atoms with Crippen molar-refractivity contribution >= 4 is 16.8 Å². The van der Waals surface area contributed by atoms with Gasteiger partial charge < -0.3 is 20.1 Å². The molecular weight excluding hydrogens is 280 g/mol. The molecule has 0 aliphatic rings. The van der Waals surface area contributed by atoms with Crippen LogP contribution >= 0.6 is 0 Å². The zero-order valence-corrected chi connectivity index (χ0v) is 13.4. The smallest absolute Gasteiger partial charge is 0.224 e. The van der Waals surface area contributed by atoms with Crippen LogP contribution in [0.4, 0.5) is 0 Å². The molecule has 0 saturated carbocycles. The Morgan fingerprint density at radius 1 is 1.36 bits per heavy atom. The van der Waals surface area contributed by atoms with E-state index in [-0.39, 0.29) is 18.9 Å². The third-order valence-corrected chi connectivity index (χ3v) is 4.25. The summed E-state index contributed by atoms with van der Waals surface area (Å²) in [6.07, 6.45) is 3.32. The van der Waals surface area contributed by atoms with Crippen LogP contribution in [-0.2, 0) is 11.2 Å². The second-order valence-corrected chi connectivity index (χ2v) is 5.58. The van der Waals surface area contributed by atoms with Crippen LogP contribution in [0.3, 0.4) is 0 Å². The lowest BCUT2D eigenvalue weighted by molar-refractivity contribution is -0.121. The van der Waals surface area contributed by atoms with Crippen LogP contribution < -0.4 is 10.1 Å².